The number of carbonyl (C=O) groups is 1. The molecule has 1 N–H and O–H groups in total. The van der Waals surface area contributed by atoms with Gasteiger partial charge in [-0.3, -0.25) is 9.69 Å². The normalized spacial score (nSPS) is 15.2. The number of sulfonamides is 1. The summed E-state index contributed by atoms with van der Waals surface area (Å²) in [6.45, 7) is 0.509. The Labute approximate surface area is 160 Å². The monoisotopic (exact) mass is 413 g/mol. The van der Waals surface area contributed by atoms with E-state index in [0.717, 1.165) is 18.6 Å². The van der Waals surface area contributed by atoms with Crippen LogP contribution in [0.15, 0.2) is 42.6 Å². The lowest BCUT2D eigenvalue weighted by Gasteiger charge is -2.15. The molecular formula is C18H18F3N3O3S. The van der Waals surface area contributed by atoms with Gasteiger partial charge < -0.3 is 0 Å². The van der Waals surface area contributed by atoms with Crippen LogP contribution in [0.3, 0.4) is 0 Å². The zero-order valence-corrected chi connectivity index (χ0v) is 15.6. The Morgan fingerprint density at radius 3 is 2.61 bits per heavy atom. The molecule has 0 radical (unpaired) electrons. The lowest BCUT2D eigenvalue weighted by Crippen LogP contribution is -2.26. The topological polar surface area (TPSA) is 79.4 Å². The van der Waals surface area contributed by atoms with E-state index in [1.807, 2.05) is 0 Å². The molecule has 1 saturated heterocycles. The van der Waals surface area contributed by atoms with Gasteiger partial charge in [-0.15, -0.1) is 0 Å². The minimum atomic E-state index is -4.53. The second-order valence-electron chi connectivity index (χ2n) is 6.45. The first-order valence-electron chi connectivity index (χ1n) is 8.53. The number of hydrogen-bond acceptors (Lipinski definition) is 4. The van der Waals surface area contributed by atoms with E-state index in [1.54, 1.807) is 17.0 Å². The number of rotatable bonds is 6. The standard InChI is InChI=1S/C18H18F3N3O3S/c19-18(20,21)15-4-1-3-14(9-15)12-28(26,27)23-11-13-6-7-22-16(10-13)24-8-2-5-17(24)25/h1,3-4,6-7,9-10,23H,2,5,8,11-12H2. The first-order valence-corrected chi connectivity index (χ1v) is 10.2. The molecule has 0 atom stereocenters. The fourth-order valence-corrected chi connectivity index (χ4v) is 4.02. The van der Waals surface area contributed by atoms with E-state index < -0.39 is 27.5 Å². The summed E-state index contributed by atoms with van der Waals surface area (Å²) in [6, 6.07) is 7.45. The molecule has 150 valence electrons. The Balaban J connectivity index is 1.66. The minimum Gasteiger partial charge on any atom is -0.297 e. The molecule has 0 saturated carbocycles. The third-order valence-corrected chi connectivity index (χ3v) is 5.56. The van der Waals surface area contributed by atoms with Crippen molar-refractivity contribution in [3.05, 3.63) is 59.3 Å². The maximum Gasteiger partial charge on any atom is 0.416 e. The number of halogens is 3. The third-order valence-electron chi connectivity index (χ3n) is 4.27. The van der Waals surface area contributed by atoms with E-state index in [-0.39, 0.29) is 18.0 Å². The maximum absolute atomic E-state index is 12.8. The summed E-state index contributed by atoms with van der Waals surface area (Å²) in [5.74, 6) is -0.147. The number of hydrogen-bond donors (Lipinski definition) is 1. The molecule has 0 unspecified atom stereocenters. The number of nitrogens with one attached hydrogen (secondary N) is 1. The highest BCUT2D eigenvalue weighted by Crippen LogP contribution is 2.29. The highest BCUT2D eigenvalue weighted by atomic mass is 32.2. The Hall–Kier alpha value is -2.46. The molecule has 1 aromatic carbocycles. The van der Waals surface area contributed by atoms with Gasteiger partial charge in [-0.05, 0) is 35.7 Å². The van der Waals surface area contributed by atoms with Crippen LogP contribution in [-0.2, 0) is 33.3 Å². The summed E-state index contributed by atoms with van der Waals surface area (Å²) >= 11 is 0. The van der Waals surface area contributed by atoms with Crippen molar-refractivity contribution in [2.24, 2.45) is 0 Å². The lowest BCUT2D eigenvalue weighted by molar-refractivity contribution is -0.137. The quantitative estimate of drug-likeness (QED) is 0.790. The third kappa shape index (κ3) is 5.08. The zero-order chi connectivity index (χ0) is 20.4. The molecular weight excluding hydrogens is 395 g/mol. The summed E-state index contributed by atoms with van der Waals surface area (Å²) in [5.41, 5.74) is -0.257. The Morgan fingerprint density at radius 1 is 1.14 bits per heavy atom. The Morgan fingerprint density at radius 2 is 1.93 bits per heavy atom. The second-order valence-corrected chi connectivity index (χ2v) is 8.26. The van der Waals surface area contributed by atoms with Gasteiger partial charge in [0, 0.05) is 25.7 Å². The van der Waals surface area contributed by atoms with E-state index in [9.17, 15) is 26.4 Å². The average molecular weight is 413 g/mol. The molecule has 3 rings (SSSR count). The van der Waals surface area contributed by atoms with Gasteiger partial charge in [0.2, 0.25) is 15.9 Å². The van der Waals surface area contributed by atoms with E-state index in [0.29, 0.717) is 24.3 Å². The van der Waals surface area contributed by atoms with Gasteiger partial charge in [0.05, 0.1) is 11.3 Å². The molecule has 1 aliphatic heterocycles. The number of anilines is 1. The van der Waals surface area contributed by atoms with Gasteiger partial charge in [-0.2, -0.15) is 13.2 Å². The molecule has 2 aromatic rings. The van der Waals surface area contributed by atoms with Crippen molar-refractivity contribution in [2.45, 2.75) is 31.3 Å². The van der Waals surface area contributed by atoms with Crippen molar-refractivity contribution < 1.29 is 26.4 Å². The van der Waals surface area contributed by atoms with Gasteiger partial charge in [-0.1, -0.05) is 18.2 Å². The maximum atomic E-state index is 12.8. The van der Waals surface area contributed by atoms with Gasteiger partial charge >= 0.3 is 6.18 Å². The lowest BCUT2D eigenvalue weighted by atomic mass is 10.1. The summed E-state index contributed by atoms with van der Waals surface area (Å²) in [6.07, 6.45) is -1.85. The van der Waals surface area contributed by atoms with E-state index in [2.05, 4.69) is 9.71 Å². The van der Waals surface area contributed by atoms with Gasteiger partial charge in [0.25, 0.3) is 0 Å². The molecule has 0 spiro atoms. The van der Waals surface area contributed by atoms with E-state index in [1.165, 1.54) is 18.3 Å². The molecule has 28 heavy (non-hydrogen) atoms. The van der Waals surface area contributed by atoms with E-state index in [4.69, 9.17) is 0 Å². The molecule has 6 nitrogen and oxygen atoms in total. The first-order chi connectivity index (χ1) is 13.1. The van der Waals surface area contributed by atoms with Crippen molar-refractivity contribution in [1.82, 2.24) is 9.71 Å². The largest absolute Gasteiger partial charge is 0.416 e. The van der Waals surface area contributed by atoms with Gasteiger partial charge in [-0.25, -0.2) is 18.1 Å². The molecule has 1 amide bonds. The number of amides is 1. The number of alkyl halides is 3. The Bertz CT molecular complexity index is 977. The van der Waals surface area contributed by atoms with Gasteiger partial charge in [0.1, 0.15) is 5.82 Å². The number of aromatic nitrogens is 1. The van der Waals surface area contributed by atoms with Crippen molar-refractivity contribution in [3.63, 3.8) is 0 Å². The second kappa shape index (κ2) is 7.88. The molecule has 1 fully saturated rings. The highest BCUT2D eigenvalue weighted by Gasteiger charge is 2.30. The molecule has 0 aliphatic carbocycles. The number of carbonyl (C=O) groups excluding carboxylic acids is 1. The van der Waals surface area contributed by atoms with Crippen molar-refractivity contribution >= 4 is 21.7 Å². The van der Waals surface area contributed by atoms with Crippen LogP contribution in [0.25, 0.3) is 0 Å². The molecule has 10 heteroatoms. The highest BCUT2D eigenvalue weighted by molar-refractivity contribution is 7.88. The smallest absolute Gasteiger partial charge is 0.297 e. The van der Waals surface area contributed by atoms with Crippen LogP contribution >= 0.6 is 0 Å². The average Bonchev–Trinajstić information content (AvgIpc) is 3.06. The molecule has 1 aromatic heterocycles. The Kier molecular flexibility index (Phi) is 5.71. The van der Waals surface area contributed by atoms with E-state index >= 15 is 0 Å². The SMILES string of the molecule is O=C1CCCN1c1cc(CNS(=O)(=O)Cc2cccc(C(F)(F)F)c2)ccn1. The number of nitrogens with zero attached hydrogens (tertiary/aromatic N) is 2. The predicted molar refractivity (Wildman–Crippen MR) is 96.7 cm³/mol. The van der Waals surface area contributed by atoms with Crippen LogP contribution in [0.2, 0.25) is 0 Å². The molecule has 2 heterocycles. The van der Waals surface area contributed by atoms with Crippen LogP contribution < -0.4 is 9.62 Å². The van der Waals surface area contributed by atoms with Crippen LogP contribution in [0.4, 0.5) is 19.0 Å². The van der Waals surface area contributed by atoms with Crippen LogP contribution in [-0.4, -0.2) is 25.9 Å². The molecule has 0 bridgehead atoms. The summed E-state index contributed by atoms with van der Waals surface area (Å²) < 4.78 is 65.2. The van der Waals surface area contributed by atoms with Crippen molar-refractivity contribution in [2.75, 3.05) is 11.4 Å². The number of pyridine rings is 1. The summed E-state index contributed by atoms with van der Waals surface area (Å²) in [5, 5.41) is 0. The predicted octanol–water partition coefficient (Wildman–Crippen LogP) is 2.85. The number of benzene rings is 1. The fourth-order valence-electron chi connectivity index (χ4n) is 2.91. The minimum absolute atomic E-state index is 0.0326. The molecule has 1 aliphatic rings. The first kappa shape index (κ1) is 20.3. The van der Waals surface area contributed by atoms with Crippen molar-refractivity contribution in [3.8, 4) is 0 Å². The van der Waals surface area contributed by atoms with Crippen molar-refractivity contribution in [1.29, 1.82) is 0 Å². The zero-order valence-electron chi connectivity index (χ0n) is 14.7. The summed E-state index contributed by atoms with van der Waals surface area (Å²) in [7, 11) is -3.86. The van der Waals surface area contributed by atoms with Crippen LogP contribution in [0, 0.1) is 0 Å². The summed E-state index contributed by atoms with van der Waals surface area (Å²) in [4.78, 5) is 17.5. The van der Waals surface area contributed by atoms with Crippen LogP contribution in [0.1, 0.15) is 29.5 Å². The van der Waals surface area contributed by atoms with Gasteiger partial charge in [0.15, 0.2) is 0 Å². The van der Waals surface area contributed by atoms with Crippen LogP contribution in [0.5, 0.6) is 0 Å². The fraction of sp³-hybridized carbons (Fsp3) is 0.333.